The number of rotatable bonds is 2. The summed E-state index contributed by atoms with van der Waals surface area (Å²) in [6, 6.07) is 4.66. The molecule has 1 aliphatic rings. The van der Waals surface area contributed by atoms with Crippen LogP contribution in [0.15, 0.2) is 18.3 Å². The van der Waals surface area contributed by atoms with Gasteiger partial charge in [0.1, 0.15) is 0 Å². The van der Waals surface area contributed by atoms with Crippen LogP contribution in [-0.2, 0) is 6.42 Å². The van der Waals surface area contributed by atoms with Crippen LogP contribution in [-0.4, -0.2) is 30.0 Å². The van der Waals surface area contributed by atoms with Gasteiger partial charge in [-0.3, -0.25) is 9.88 Å². The Hall–Kier alpha value is -0.930. The number of likely N-dealkylation sites (N-methyl/N-ethyl adjacent to an activating group) is 1. The van der Waals surface area contributed by atoms with Crippen molar-refractivity contribution >= 4 is 0 Å². The Balaban J connectivity index is 2.31. The van der Waals surface area contributed by atoms with Crippen LogP contribution in [0, 0.1) is 0 Å². The Kier molecular flexibility index (Phi) is 2.79. The zero-order valence-corrected chi connectivity index (χ0v) is 8.61. The molecule has 0 aliphatic carbocycles. The molecule has 0 radical (unpaired) electrons. The van der Waals surface area contributed by atoms with Crippen molar-refractivity contribution in [1.82, 2.24) is 9.88 Å². The molecule has 0 aromatic carbocycles. The lowest BCUT2D eigenvalue weighted by Gasteiger charge is -2.33. The van der Waals surface area contributed by atoms with Gasteiger partial charge in [0.15, 0.2) is 0 Å². The Morgan fingerprint density at radius 2 is 2.50 bits per heavy atom. The van der Waals surface area contributed by atoms with E-state index in [1.54, 1.807) is 0 Å². The zero-order valence-electron chi connectivity index (χ0n) is 8.61. The van der Waals surface area contributed by atoms with Crippen molar-refractivity contribution in [2.45, 2.75) is 18.9 Å². The van der Waals surface area contributed by atoms with Crippen molar-refractivity contribution in [1.29, 1.82) is 0 Å². The summed E-state index contributed by atoms with van der Waals surface area (Å²) in [5, 5.41) is 0. The number of nitrogens with zero attached hydrogens (tertiary/aromatic N) is 2. The zero-order chi connectivity index (χ0) is 9.97. The first-order valence-corrected chi connectivity index (χ1v) is 5.17. The Morgan fingerprint density at radius 1 is 1.64 bits per heavy atom. The lowest BCUT2D eigenvalue weighted by atomic mass is 9.95. The molecule has 0 fully saturated rings. The van der Waals surface area contributed by atoms with Gasteiger partial charge in [-0.1, -0.05) is 6.07 Å². The van der Waals surface area contributed by atoms with E-state index < -0.39 is 0 Å². The van der Waals surface area contributed by atoms with E-state index in [4.69, 9.17) is 5.73 Å². The molecule has 76 valence electrons. The van der Waals surface area contributed by atoms with Gasteiger partial charge in [0, 0.05) is 30.9 Å². The molecule has 2 rings (SSSR count). The van der Waals surface area contributed by atoms with Gasteiger partial charge in [0.05, 0.1) is 0 Å². The highest BCUT2D eigenvalue weighted by Gasteiger charge is 2.24. The molecule has 1 aromatic heterocycles. The highest BCUT2D eigenvalue weighted by molar-refractivity contribution is 5.26. The molecular weight excluding hydrogens is 174 g/mol. The normalized spacial score (nSPS) is 22.0. The van der Waals surface area contributed by atoms with Gasteiger partial charge in [-0.2, -0.15) is 0 Å². The molecule has 3 nitrogen and oxygen atoms in total. The third kappa shape index (κ3) is 1.65. The van der Waals surface area contributed by atoms with Crippen LogP contribution in [0.5, 0.6) is 0 Å². The van der Waals surface area contributed by atoms with Crippen LogP contribution in [0.1, 0.15) is 23.7 Å². The Bertz CT molecular complexity index is 311. The summed E-state index contributed by atoms with van der Waals surface area (Å²) in [5.41, 5.74) is 8.25. The standard InChI is InChI=1S/C11H17N3/c1-14-8-5-10-9(3-2-7-13-10)11(14)4-6-12/h2-3,7,11H,4-6,8,12H2,1H3. The fourth-order valence-corrected chi connectivity index (χ4v) is 2.17. The minimum absolute atomic E-state index is 0.470. The van der Waals surface area contributed by atoms with Gasteiger partial charge in [0.2, 0.25) is 0 Å². The van der Waals surface area contributed by atoms with Crippen LogP contribution in [0.25, 0.3) is 0 Å². The van der Waals surface area contributed by atoms with Gasteiger partial charge in [-0.05, 0) is 31.6 Å². The molecule has 1 unspecified atom stereocenters. The maximum Gasteiger partial charge on any atom is 0.0464 e. The Morgan fingerprint density at radius 3 is 3.29 bits per heavy atom. The summed E-state index contributed by atoms with van der Waals surface area (Å²) >= 11 is 0. The second-order valence-electron chi connectivity index (χ2n) is 3.86. The molecule has 0 amide bonds. The highest BCUT2D eigenvalue weighted by Crippen LogP contribution is 2.28. The van der Waals surface area contributed by atoms with Crippen LogP contribution in [0.3, 0.4) is 0 Å². The number of aromatic nitrogens is 1. The summed E-state index contributed by atoms with van der Waals surface area (Å²) in [4.78, 5) is 6.79. The van der Waals surface area contributed by atoms with Gasteiger partial charge >= 0.3 is 0 Å². The quantitative estimate of drug-likeness (QED) is 0.757. The van der Waals surface area contributed by atoms with E-state index >= 15 is 0 Å². The average Bonchev–Trinajstić information content (AvgIpc) is 2.23. The van der Waals surface area contributed by atoms with Crippen molar-refractivity contribution in [2.75, 3.05) is 20.1 Å². The van der Waals surface area contributed by atoms with E-state index in [0.29, 0.717) is 6.04 Å². The minimum Gasteiger partial charge on any atom is -0.330 e. The molecule has 0 saturated carbocycles. The molecule has 0 spiro atoms. The topological polar surface area (TPSA) is 42.2 Å². The van der Waals surface area contributed by atoms with Crippen molar-refractivity contribution in [2.24, 2.45) is 5.73 Å². The smallest absolute Gasteiger partial charge is 0.0464 e. The fraction of sp³-hybridized carbons (Fsp3) is 0.545. The number of hydrogen-bond acceptors (Lipinski definition) is 3. The first kappa shape index (κ1) is 9.62. The van der Waals surface area contributed by atoms with E-state index in [0.717, 1.165) is 25.9 Å². The second kappa shape index (κ2) is 4.07. The highest BCUT2D eigenvalue weighted by atomic mass is 15.1. The first-order valence-electron chi connectivity index (χ1n) is 5.17. The Labute approximate surface area is 84.9 Å². The third-order valence-corrected chi connectivity index (χ3v) is 2.96. The fourth-order valence-electron chi connectivity index (χ4n) is 2.17. The number of fused-ring (bicyclic) bond motifs is 1. The summed E-state index contributed by atoms with van der Waals surface area (Å²) in [5.74, 6) is 0. The van der Waals surface area contributed by atoms with Crippen LogP contribution in [0.2, 0.25) is 0 Å². The number of pyridine rings is 1. The summed E-state index contributed by atoms with van der Waals surface area (Å²) in [7, 11) is 2.16. The van der Waals surface area contributed by atoms with Crippen molar-refractivity contribution < 1.29 is 0 Å². The monoisotopic (exact) mass is 191 g/mol. The predicted molar refractivity (Wildman–Crippen MR) is 57.0 cm³/mol. The molecule has 0 bridgehead atoms. The van der Waals surface area contributed by atoms with E-state index in [1.165, 1.54) is 11.3 Å². The van der Waals surface area contributed by atoms with E-state index in [1.807, 2.05) is 12.3 Å². The van der Waals surface area contributed by atoms with Gasteiger partial charge in [-0.15, -0.1) is 0 Å². The molecule has 1 aromatic rings. The molecular formula is C11H17N3. The summed E-state index contributed by atoms with van der Waals surface area (Å²) < 4.78 is 0. The largest absolute Gasteiger partial charge is 0.330 e. The van der Waals surface area contributed by atoms with Crippen LogP contribution in [0.4, 0.5) is 0 Å². The van der Waals surface area contributed by atoms with Crippen molar-refractivity contribution in [3.05, 3.63) is 29.6 Å². The molecule has 2 N–H and O–H groups in total. The van der Waals surface area contributed by atoms with Crippen LogP contribution >= 0.6 is 0 Å². The van der Waals surface area contributed by atoms with E-state index in [2.05, 4.69) is 23.0 Å². The van der Waals surface area contributed by atoms with E-state index in [9.17, 15) is 0 Å². The second-order valence-corrected chi connectivity index (χ2v) is 3.86. The van der Waals surface area contributed by atoms with Crippen molar-refractivity contribution in [3.63, 3.8) is 0 Å². The van der Waals surface area contributed by atoms with Crippen LogP contribution < -0.4 is 5.73 Å². The molecule has 0 saturated heterocycles. The van der Waals surface area contributed by atoms with Gasteiger partial charge in [0.25, 0.3) is 0 Å². The third-order valence-electron chi connectivity index (χ3n) is 2.96. The van der Waals surface area contributed by atoms with Gasteiger partial charge < -0.3 is 5.73 Å². The molecule has 1 atom stereocenters. The molecule has 2 heterocycles. The predicted octanol–water partition coefficient (Wildman–Crippen LogP) is 0.959. The number of nitrogens with two attached hydrogens (primary N) is 1. The van der Waals surface area contributed by atoms with Crippen molar-refractivity contribution in [3.8, 4) is 0 Å². The summed E-state index contributed by atoms with van der Waals surface area (Å²) in [6.07, 6.45) is 3.96. The molecule has 14 heavy (non-hydrogen) atoms. The average molecular weight is 191 g/mol. The SMILES string of the molecule is CN1CCc2ncccc2C1CCN. The molecule has 3 heteroatoms. The lowest BCUT2D eigenvalue weighted by Crippen LogP contribution is -2.33. The molecule has 1 aliphatic heterocycles. The van der Waals surface area contributed by atoms with Gasteiger partial charge in [-0.25, -0.2) is 0 Å². The number of hydrogen-bond donors (Lipinski definition) is 1. The first-order chi connectivity index (χ1) is 6.83. The maximum absolute atomic E-state index is 5.63. The lowest BCUT2D eigenvalue weighted by molar-refractivity contribution is 0.219. The minimum atomic E-state index is 0.470. The van der Waals surface area contributed by atoms with E-state index in [-0.39, 0.29) is 0 Å². The summed E-state index contributed by atoms with van der Waals surface area (Å²) in [6.45, 7) is 1.83. The maximum atomic E-state index is 5.63.